The van der Waals surface area contributed by atoms with Crippen molar-refractivity contribution >= 4 is 22.0 Å². The molecule has 20 heavy (non-hydrogen) atoms. The van der Waals surface area contributed by atoms with E-state index in [9.17, 15) is 5.11 Å². The van der Waals surface area contributed by atoms with Crippen molar-refractivity contribution in [3.05, 3.63) is 33.8 Å². The van der Waals surface area contributed by atoms with Gasteiger partial charge in [0, 0.05) is 22.1 Å². The topological polar surface area (TPSA) is 41.5 Å². The van der Waals surface area contributed by atoms with E-state index in [0.29, 0.717) is 12.5 Å². The number of rotatable bonds is 5. The third kappa shape index (κ3) is 2.92. The van der Waals surface area contributed by atoms with Gasteiger partial charge >= 0.3 is 0 Å². The Labute approximate surface area is 128 Å². The summed E-state index contributed by atoms with van der Waals surface area (Å²) in [6, 6.07) is 6.05. The Kier molecular flexibility index (Phi) is 3.89. The maximum atomic E-state index is 9.60. The first-order valence-electron chi connectivity index (χ1n) is 7.08. The predicted molar refractivity (Wildman–Crippen MR) is 83.8 cm³/mol. The number of fused-ring (bicyclic) bond motifs is 1. The van der Waals surface area contributed by atoms with Gasteiger partial charge in [-0.3, -0.25) is 0 Å². The van der Waals surface area contributed by atoms with Crippen LogP contribution in [-0.2, 0) is 0 Å². The first-order valence-corrected chi connectivity index (χ1v) is 7.88. The molecule has 1 aliphatic carbocycles. The molecule has 0 bridgehead atoms. The zero-order valence-electron chi connectivity index (χ0n) is 11.7. The summed E-state index contributed by atoms with van der Waals surface area (Å²) in [5.74, 6) is 1.54. The second-order valence-corrected chi connectivity index (χ2v) is 6.89. The van der Waals surface area contributed by atoms with Gasteiger partial charge in [0.05, 0.1) is 6.61 Å². The lowest BCUT2D eigenvalue weighted by atomic mass is 9.96. The predicted octanol–water partition coefficient (Wildman–Crippen LogP) is 2.98. The van der Waals surface area contributed by atoms with Crippen molar-refractivity contribution in [1.82, 2.24) is 5.32 Å². The molecule has 1 aromatic carbocycles. The molecule has 2 aliphatic rings. The molecular formula is C16H20BrNO2. The van der Waals surface area contributed by atoms with Crippen LogP contribution in [0.1, 0.15) is 25.3 Å². The van der Waals surface area contributed by atoms with E-state index >= 15 is 0 Å². The minimum absolute atomic E-state index is 0.154. The first kappa shape index (κ1) is 14.1. The van der Waals surface area contributed by atoms with Gasteiger partial charge in [-0.15, -0.1) is 0 Å². The lowest BCUT2D eigenvalue weighted by molar-refractivity contribution is 0.157. The number of aliphatic hydroxyl groups excluding tert-OH is 1. The highest BCUT2D eigenvalue weighted by Crippen LogP contribution is 2.39. The van der Waals surface area contributed by atoms with Crippen LogP contribution >= 0.6 is 15.9 Å². The monoisotopic (exact) mass is 337 g/mol. The van der Waals surface area contributed by atoms with E-state index in [0.717, 1.165) is 22.3 Å². The summed E-state index contributed by atoms with van der Waals surface area (Å²) >= 11 is 3.49. The molecule has 0 amide bonds. The minimum Gasteiger partial charge on any atom is -0.489 e. The molecule has 0 aromatic heterocycles. The van der Waals surface area contributed by atoms with Crippen molar-refractivity contribution in [1.29, 1.82) is 0 Å². The van der Waals surface area contributed by atoms with Crippen LogP contribution < -0.4 is 10.1 Å². The molecule has 3 nitrogen and oxygen atoms in total. The molecule has 2 N–H and O–H groups in total. The lowest BCUT2D eigenvalue weighted by Gasteiger charge is -2.30. The second kappa shape index (κ2) is 5.51. The van der Waals surface area contributed by atoms with Crippen molar-refractivity contribution < 1.29 is 9.84 Å². The van der Waals surface area contributed by atoms with Crippen LogP contribution in [0.25, 0.3) is 6.08 Å². The van der Waals surface area contributed by atoms with Gasteiger partial charge in [0.2, 0.25) is 0 Å². The Hall–Kier alpha value is -0.840. The summed E-state index contributed by atoms with van der Waals surface area (Å²) in [6.07, 6.45) is 4.62. The van der Waals surface area contributed by atoms with Gasteiger partial charge in [0.1, 0.15) is 12.4 Å². The van der Waals surface area contributed by atoms with E-state index in [1.54, 1.807) is 0 Å². The summed E-state index contributed by atoms with van der Waals surface area (Å²) in [5.41, 5.74) is 2.17. The number of ether oxygens (including phenoxy) is 1. The highest BCUT2D eigenvalue weighted by molar-refractivity contribution is 9.10. The Morgan fingerprint density at radius 2 is 2.25 bits per heavy atom. The third-order valence-electron chi connectivity index (χ3n) is 4.27. The molecule has 1 fully saturated rings. The standard InChI is InChI=1S/C16H20BrNO2/c1-16(10-19,13-2-3-13)18-8-11-6-12-7-14(17)4-5-15(12)20-9-11/h4-7,13,18-19H,2-3,8-10H2,1H3. The van der Waals surface area contributed by atoms with Crippen LogP contribution in [0.15, 0.2) is 28.2 Å². The average Bonchev–Trinajstić information content (AvgIpc) is 3.29. The zero-order chi connectivity index (χ0) is 14.2. The van der Waals surface area contributed by atoms with E-state index < -0.39 is 0 Å². The highest BCUT2D eigenvalue weighted by Gasteiger charge is 2.40. The number of nitrogens with one attached hydrogen (secondary N) is 1. The quantitative estimate of drug-likeness (QED) is 0.867. The van der Waals surface area contributed by atoms with Gasteiger partial charge in [-0.1, -0.05) is 15.9 Å². The average molecular weight is 338 g/mol. The van der Waals surface area contributed by atoms with E-state index in [2.05, 4.69) is 40.3 Å². The first-order chi connectivity index (χ1) is 9.60. The zero-order valence-corrected chi connectivity index (χ0v) is 13.2. The van der Waals surface area contributed by atoms with E-state index in [4.69, 9.17) is 4.74 Å². The summed E-state index contributed by atoms with van der Waals surface area (Å²) < 4.78 is 6.83. The number of aliphatic hydroxyl groups is 1. The van der Waals surface area contributed by atoms with Gasteiger partial charge in [-0.25, -0.2) is 0 Å². The molecule has 1 atom stereocenters. The molecule has 4 heteroatoms. The molecule has 1 heterocycles. The maximum Gasteiger partial charge on any atom is 0.127 e. The van der Waals surface area contributed by atoms with Crippen LogP contribution in [-0.4, -0.2) is 30.4 Å². The van der Waals surface area contributed by atoms with Crippen LogP contribution in [0.4, 0.5) is 0 Å². The van der Waals surface area contributed by atoms with Gasteiger partial charge in [0.15, 0.2) is 0 Å². The van der Waals surface area contributed by atoms with E-state index in [1.807, 2.05) is 12.1 Å². The molecular weight excluding hydrogens is 318 g/mol. The molecule has 1 unspecified atom stereocenters. The van der Waals surface area contributed by atoms with Crippen LogP contribution in [0.2, 0.25) is 0 Å². The number of hydrogen-bond donors (Lipinski definition) is 2. The molecule has 1 aliphatic heterocycles. The van der Waals surface area contributed by atoms with Crippen molar-refractivity contribution in [3.8, 4) is 5.75 Å². The Balaban J connectivity index is 1.69. The number of halogens is 1. The Bertz CT molecular complexity index is 539. The van der Waals surface area contributed by atoms with Crippen LogP contribution in [0, 0.1) is 5.92 Å². The van der Waals surface area contributed by atoms with Gasteiger partial charge in [-0.2, -0.15) is 0 Å². The summed E-state index contributed by atoms with van der Waals surface area (Å²) in [5, 5.41) is 13.1. The number of benzene rings is 1. The molecule has 1 saturated carbocycles. The summed E-state index contributed by atoms with van der Waals surface area (Å²) in [6.45, 7) is 3.68. The van der Waals surface area contributed by atoms with Gasteiger partial charge in [-0.05, 0) is 55.5 Å². The van der Waals surface area contributed by atoms with Crippen molar-refractivity contribution in [2.75, 3.05) is 19.8 Å². The normalized spacial score (nSPS) is 20.6. The second-order valence-electron chi connectivity index (χ2n) is 5.98. The van der Waals surface area contributed by atoms with Crippen molar-refractivity contribution in [2.45, 2.75) is 25.3 Å². The van der Waals surface area contributed by atoms with Crippen molar-refractivity contribution in [3.63, 3.8) is 0 Å². The fourth-order valence-electron chi connectivity index (χ4n) is 2.66. The van der Waals surface area contributed by atoms with Gasteiger partial charge < -0.3 is 15.2 Å². The minimum atomic E-state index is -0.154. The number of hydrogen-bond acceptors (Lipinski definition) is 3. The molecule has 1 aromatic rings. The van der Waals surface area contributed by atoms with Crippen molar-refractivity contribution in [2.24, 2.45) is 5.92 Å². The molecule has 0 radical (unpaired) electrons. The molecule has 108 valence electrons. The fourth-order valence-corrected chi connectivity index (χ4v) is 3.04. The summed E-state index contributed by atoms with van der Waals surface area (Å²) in [4.78, 5) is 0. The Morgan fingerprint density at radius 3 is 2.95 bits per heavy atom. The van der Waals surface area contributed by atoms with Gasteiger partial charge in [0.25, 0.3) is 0 Å². The Morgan fingerprint density at radius 1 is 1.45 bits per heavy atom. The largest absolute Gasteiger partial charge is 0.489 e. The highest BCUT2D eigenvalue weighted by atomic mass is 79.9. The maximum absolute atomic E-state index is 9.60. The lowest BCUT2D eigenvalue weighted by Crippen LogP contribution is -2.48. The molecule has 3 rings (SSSR count). The fraction of sp³-hybridized carbons (Fsp3) is 0.500. The molecule has 0 saturated heterocycles. The van der Waals surface area contributed by atoms with Crippen LogP contribution in [0.3, 0.4) is 0 Å². The molecule has 0 spiro atoms. The SMILES string of the molecule is CC(CO)(NCC1=Cc2cc(Br)ccc2OC1)C1CC1. The summed E-state index contributed by atoms with van der Waals surface area (Å²) in [7, 11) is 0. The van der Waals surface area contributed by atoms with E-state index in [-0.39, 0.29) is 12.1 Å². The van der Waals surface area contributed by atoms with E-state index in [1.165, 1.54) is 18.4 Å². The third-order valence-corrected chi connectivity index (χ3v) is 4.76. The van der Waals surface area contributed by atoms with Crippen LogP contribution in [0.5, 0.6) is 5.75 Å². The smallest absolute Gasteiger partial charge is 0.127 e.